The van der Waals surface area contributed by atoms with Gasteiger partial charge in [-0.2, -0.15) is 0 Å². The van der Waals surface area contributed by atoms with Crippen LogP contribution in [0.4, 0.5) is 4.39 Å². The van der Waals surface area contributed by atoms with Gasteiger partial charge in [0, 0.05) is 11.8 Å². The van der Waals surface area contributed by atoms with Crippen LogP contribution >= 0.6 is 0 Å². The van der Waals surface area contributed by atoms with Crippen molar-refractivity contribution in [1.82, 2.24) is 15.3 Å². The highest BCUT2D eigenvalue weighted by Gasteiger charge is 2.05. The second kappa shape index (κ2) is 5.35. The molecule has 1 aromatic carbocycles. The molecular formula is C13H12FN3O. The van der Waals surface area contributed by atoms with Crippen molar-refractivity contribution in [1.29, 1.82) is 0 Å². The average molecular weight is 245 g/mol. The zero-order valence-electron chi connectivity index (χ0n) is 9.85. The summed E-state index contributed by atoms with van der Waals surface area (Å²) >= 11 is 0. The number of nitrogens with zero attached hydrogens (tertiary/aromatic N) is 2. The van der Waals surface area contributed by atoms with E-state index in [9.17, 15) is 9.18 Å². The summed E-state index contributed by atoms with van der Waals surface area (Å²) in [5.41, 5.74) is 1.15. The molecule has 1 N–H and O–H groups in total. The van der Waals surface area contributed by atoms with Gasteiger partial charge in [0.25, 0.3) is 5.91 Å². The Morgan fingerprint density at radius 2 is 2.00 bits per heavy atom. The lowest BCUT2D eigenvalue weighted by Gasteiger charge is -2.05. The first-order chi connectivity index (χ1) is 8.65. The number of hydrogen-bond acceptors (Lipinski definition) is 3. The lowest BCUT2D eigenvalue weighted by molar-refractivity contribution is 0.0950. The molecule has 4 nitrogen and oxygen atoms in total. The van der Waals surface area contributed by atoms with Crippen molar-refractivity contribution in [2.45, 2.75) is 13.5 Å². The molecule has 92 valence electrons. The number of halogens is 1. The van der Waals surface area contributed by atoms with Crippen molar-refractivity contribution in [3.8, 4) is 0 Å². The zero-order valence-corrected chi connectivity index (χ0v) is 9.85. The summed E-state index contributed by atoms with van der Waals surface area (Å²) in [6.45, 7) is 2.10. The van der Waals surface area contributed by atoms with E-state index in [2.05, 4.69) is 15.3 Å². The van der Waals surface area contributed by atoms with Crippen molar-refractivity contribution >= 4 is 5.91 Å². The molecule has 0 aliphatic heterocycles. The summed E-state index contributed by atoms with van der Waals surface area (Å²) in [6.07, 6.45) is 1.64. The topological polar surface area (TPSA) is 54.9 Å². The number of benzene rings is 1. The van der Waals surface area contributed by atoms with E-state index in [0.29, 0.717) is 17.9 Å². The van der Waals surface area contributed by atoms with E-state index in [-0.39, 0.29) is 11.7 Å². The molecule has 0 saturated carbocycles. The van der Waals surface area contributed by atoms with Gasteiger partial charge in [0.05, 0.1) is 12.2 Å². The largest absolute Gasteiger partial charge is 0.346 e. The Kier molecular flexibility index (Phi) is 3.62. The van der Waals surface area contributed by atoms with E-state index in [1.807, 2.05) is 0 Å². The van der Waals surface area contributed by atoms with Gasteiger partial charge >= 0.3 is 0 Å². The Morgan fingerprint density at radius 3 is 2.67 bits per heavy atom. The molecule has 0 aliphatic carbocycles. The molecule has 0 saturated heterocycles. The van der Waals surface area contributed by atoms with Gasteiger partial charge in [0.1, 0.15) is 11.6 Å². The molecule has 1 aromatic heterocycles. The van der Waals surface area contributed by atoms with Crippen molar-refractivity contribution in [2.24, 2.45) is 0 Å². The van der Waals surface area contributed by atoms with Gasteiger partial charge in [0.15, 0.2) is 0 Å². The highest BCUT2D eigenvalue weighted by Crippen LogP contribution is 2.03. The van der Waals surface area contributed by atoms with Crippen LogP contribution < -0.4 is 5.32 Å². The molecule has 0 radical (unpaired) electrons. The predicted molar refractivity (Wildman–Crippen MR) is 64.3 cm³/mol. The Bertz CT molecular complexity index is 554. The first kappa shape index (κ1) is 12.2. The molecule has 0 atom stereocenters. The number of carbonyl (C=O) groups excluding carboxylic acids is 1. The third kappa shape index (κ3) is 3.10. The number of carbonyl (C=O) groups is 1. The quantitative estimate of drug-likeness (QED) is 0.897. The number of hydrogen-bond donors (Lipinski definition) is 1. The molecule has 18 heavy (non-hydrogen) atoms. The fraction of sp³-hybridized carbons (Fsp3) is 0.154. The Hall–Kier alpha value is -2.30. The fourth-order valence-electron chi connectivity index (χ4n) is 1.48. The molecule has 0 unspecified atom stereocenters. The normalized spacial score (nSPS) is 10.1. The summed E-state index contributed by atoms with van der Waals surface area (Å²) in [6, 6.07) is 7.12. The van der Waals surface area contributed by atoms with Crippen LogP contribution in [0.25, 0.3) is 0 Å². The maximum Gasteiger partial charge on any atom is 0.251 e. The third-order valence-corrected chi connectivity index (χ3v) is 2.37. The van der Waals surface area contributed by atoms with Gasteiger partial charge in [-0.25, -0.2) is 14.4 Å². The van der Waals surface area contributed by atoms with Crippen LogP contribution in [0.1, 0.15) is 21.9 Å². The molecule has 0 spiro atoms. The number of aryl methyl sites for hydroxylation is 1. The lowest BCUT2D eigenvalue weighted by Crippen LogP contribution is -2.23. The van der Waals surface area contributed by atoms with Gasteiger partial charge in [-0.3, -0.25) is 4.79 Å². The molecule has 2 rings (SSSR count). The van der Waals surface area contributed by atoms with Crippen molar-refractivity contribution < 1.29 is 9.18 Å². The summed E-state index contributed by atoms with van der Waals surface area (Å²) in [4.78, 5) is 19.9. The van der Waals surface area contributed by atoms with Crippen LogP contribution in [-0.4, -0.2) is 15.9 Å². The molecule has 0 fully saturated rings. The number of amides is 1. The molecule has 0 bridgehead atoms. The maximum atomic E-state index is 12.7. The summed E-state index contributed by atoms with van der Waals surface area (Å²) < 4.78 is 12.7. The van der Waals surface area contributed by atoms with Crippen LogP contribution in [0, 0.1) is 12.7 Å². The molecule has 5 heteroatoms. The molecule has 1 heterocycles. The lowest BCUT2D eigenvalue weighted by atomic mass is 10.2. The van der Waals surface area contributed by atoms with E-state index in [4.69, 9.17) is 0 Å². The smallest absolute Gasteiger partial charge is 0.251 e. The number of rotatable bonds is 3. The number of nitrogens with one attached hydrogen (secondary N) is 1. The van der Waals surface area contributed by atoms with Gasteiger partial charge < -0.3 is 5.32 Å². The van der Waals surface area contributed by atoms with Crippen molar-refractivity contribution in [3.63, 3.8) is 0 Å². The summed E-state index contributed by atoms with van der Waals surface area (Å²) in [5, 5.41) is 2.71. The minimum atomic E-state index is -0.363. The maximum absolute atomic E-state index is 12.7. The van der Waals surface area contributed by atoms with E-state index in [0.717, 1.165) is 5.69 Å². The van der Waals surface area contributed by atoms with Gasteiger partial charge in [-0.15, -0.1) is 0 Å². The SMILES string of the molecule is Cc1nccc(CNC(=O)c2ccc(F)cc2)n1. The van der Waals surface area contributed by atoms with E-state index >= 15 is 0 Å². The summed E-state index contributed by atoms with van der Waals surface area (Å²) in [7, 11) is 0. The summed E-state index contributed by atoms with van der Waals surface area (Å²) in [5.74, 6) is 0.0350. The second-order valence-electron chi connectivity index (χ2n) is 3.78. The predicted octanol–water partition coefficient (Wildman–Crippen LogP) is 1.85. The van der Waals surface area contributed by atoms with Crippen LogP contribution in [0.3, 0.4) is 0 Å². The molecule has 2 aromatic rings. The first-order valence-corrected chi connectivity index (χ1v) is 5.47. The molecule has 0 aliphatic rings. The second-order valence-corrected chi connectivity index (χ2v) is 3.78. The highest BCUT2D eigenvalue weighted by atomic mass is 19.1. The van der Waals surface area contributed by atoms with Crippen LogP contribution in [0.2, 0.25) is 0 Å². The minimum absolute atomic E-state index is 0.258. The van der Waals surface area contributed by atoms with Crippen LogP contribution in [0.5, 0.6) is 0 Å². The molecular weight excluding hydrogens is 233 g/mol. The minimum Gasteiger partial charge on any atom is -0.346 e. The van der Waals surface area contributed by atoms with Crippen molar-refractivity contribution in [2.75, 3.05) is 0 Å². The first-order valence-electron chi connectivity index (χ1n) is 5.47. The van der Waals surface area contributed by atoms with E-state index in [1.54, 1.807) is 19.2 Å². The Morgan fingerprint density at radius 1 is 1.28 bits per heavy atom. The van der Waals surface area contributed by atoms with Gasteiger partial charge in [0.2, 0.25) is 0 Å². The third-order valence-electron chi connectivity index (χ3n) is 2.37. The Balaban J connectivity index is 1.98. The van der Waals surface area contributed by atoms with E-state index < -0.39 is 0 Å². The zero-order chi connectivity index (χ0) is 13.0. The average Bonchev–Trinajstić information content (AvgIpc) is 2.37. The van der Waals surface area contributed by atoms with Crippen LogP contribution in [-0.2, 0) is 6.54 Å². The Labute approximate surface area is 104 Å². The van der Waals surface area contributed by atoms with Crippen molar-refractivity contribution in [3.05, 3.63) is 59.4 Å². The highest BCUT2D eigenvalue weighted by molar-refractivity contribution is 5.94. The number of aromatic nitrogens is 2. The van der Waals surface area contributed by atoms with Crippen LogP contribution in [0.15, 0.2) is 36.5 Å². The molecule has 1 amide bonds. The standard InChI is InChI=1S/C13H12FN3O/c1-9-15-7-6-12(17-9)8-16-13(18)10-2-4-11(14)5-3-10/h2-7H,8H2,1H3,(H,16,18). The fourth-order valence-corrected chi connectivity index (χ4v) is 1.48. The van der Waals surface area contributed by atoms with E-state index in [1.165, 1.54) is 24.3 Å². The monoisotopic (exact) mass is 245 g/mol. The van der Waals surface area contributed by atoms with Gasteiger partial charge in [-0.1, -0.05) is 0 Å². The van der Waals surface area contributed by atoms with Gasteiger partial charge in [-0.05, 0) is 37.3 Å².